The van der Waals surface area contributed by atoms with Crippen molar-refractivity contribution >= 4 is 28.5 Å². The monoisotopic (exact) mass is 378 g/mol. The van der Waals surface area contributed by atoms with E-state index in [2.05, 4.69) is 25.1 Å². The number of aromatic amines is 2. The number of rotatable bonds is 3. The van der Waals surface area contributed by atoms with Crippen LogP contribution < -0.4 is 0 Å². The Hall–Kier alpha value is -3.19. The Morgan fingerprint density at radius 1 is 1.26 bits per heavy atom. The first-order chi connectivity index (χ1) is 13.2. The minimum atomic E-state index is -0.0594. The van der Waals surface area contributed by atoms with Crippen molar-refractivity contribution in [1.29, 1.82) is 0 Å². The molecule has 0 unspecified atom stereocenters. The molecule has 1 fully saturated rings. The molecule has 7 nitrogen and oxygen atoms in total. The molecule has 0 radical (unpaired) electrons. The first-order valence-corrected chi connectivity index (χ1v) is 8.98. The summed E-state index contributed by atoms with van der Waals surface area (Å²) in [4.78, 5) is 26.9. The number of carbonyl (C=O) groups is 1. The number of H-pyrrole nitrogens is 2. The van der Waals surface area contributed by atoms with Gasteiger partial charge in [-0.25, -0.2) is 4.98 Å². The molecule has 4 aromatic heterocycles. The molecule has 1 aliphatic rings. The van der Waals surface area contributed by atoms with Crippen molar-refractivity contribution in [2.45, 2.75) is 12.5 Å². The van der Waals surface area contributed by atoms with E-state index in [4.69, 9.17) is 11.6 Å². The zero-order valence-electron chi connectivity index (χ0n) is 14.2. The SMILES string of the molecule is O=C(c1cc2ccc(-c3cn[nH]c3)nc2[nH]1)N1CC[C@@H]1c1cc(Cl)ccn1. The third-order valence-electron chi connectivity index (χ3n) is 4.87. The number of likely N-dealkylation sites (tertiary alicyclic amines) is 1. The number of hydrogen-bond acceptors (Lipinski definition) is 4. The molecule has 1 aliphatic heterocycles. The number of carbonyl (C=O) groups excluding carboxylic acids is 1. The molecule has 8 heteroatoms. The van der Waals surface area contributed by atoms with Crippen LogP contribution in [-0.2, 0) is 0 Å². The predicted octanol–water partition coefficient (Wildman–Crippen LogP) is 3.59. The lowest BCUT2D eigenvalue weighted by molar-refractivity contribution is 0.0446. The molecule has 0 aliphatic carbocycles. The average Bonchev–Trinajstić information content (AvgIpc) is 3.30. The number of amides is 1. The molecule has 0 spiro atoms. The van der Waals surface area contributed by atoms with Gasteiger partial charge < -0.3 is 9.88 Å². The van der Waals surface area contributed by atoms with Gasteiger partial charge in [-0.2, -0.15) is 5.10 Å². The summed E-state index contributed by atoms with van der Waals surface area (Å²) in [5.74, 6) is -0.0594. The number of pyridine rings is 2. The van der Waals surface area contributed by atoms with Crippen LogP contribution in [-0.4, -0.2) is 42.5 Å². The largest absolute Gasteiger partial charge is 0.335 e. The van der Waals surface area contributed by atoms with Crippen molar-refractivity contribution in [2.75, 3.05) is 6.54 Å². The van der Waals surface area contributed by atoms with Gasteiger partial charge in [-0.1, -0.05) is 11.6 Å². The number of fused-ring (bicyclic) bond motifs is 1. The first kappa shape index (κ1) is 16.0. The molecule has 5 rings (SSSR count). The Labute approximate surface area is 159 Å². The van der Waals surface area contributed by atoms with Crippen LogP contribution in [0, 0.1) is 0 Å². The van der Waals surface area contributed by atoms with Crippen molar-refractivity contribution in [3.8, 4) is 11.3 Å². The fourth-order valence-corrected chi connectivity index (χ4v) is 3.54. The van der Waals surface area contributed by atoms with Crippen LogP contribution in [0.1, 0.15) is 28.6 Å². The fraction of sp³-hybridized carbons (Fsp3) is 0.158. The summed E-state index contributed by atoms with van der Waals surface area (Å²) < 4.78 is 0. The van der Waals surface area contributed by atoms with Gasteiger partial charge in [0.25, 0.3) is 5.91 Å². The number of nitrogens with zero attached hydrogens (tertiary/aromatic N) is 4. The smallest absolute Gasteiger partial charge is 0.270 e. The van der Waals surface area contributed by atoms with Gasteiger partial charge in [0, 0.05) is 34.9 Å². The highest BCUT2D eigenvalue weighted by atomic mass is 35.5. The standard InChI is InChI=1S/C19H15ClN6O/c20-13-3-5-21-15(8-13)17-4-6-26(17)19(27)16-7-11-1-2-14(24-18(11)25-16)12-9-22-23-10-12/h1-3,5,7-10,17H,4,6H2,(H,22,23)(H,24,25)/t17-/m1/s1. The Kier molecular flexibility index (Phi) is 3.68. The molecule has 0 aromatic carbocycles. The van der Waals surface area contributed by atoms with Crippen LogP contribution in [0.15, 0.2) is 48.9 Å². The van der Waals surface area contributed by atoms with Crippen molar-refractivity contribution < 1.29 is 4.79 Å². The highest BCUT2D eigenvalue weighted by molar-refractivity contribution is 6.30. The lowest BCUT2D eigenvalue weighted by Gasteiger charge is -2.40. The van der Waals surface area contributed by atoms with E-state index >= 15 is 0 Å². The molecule has 0 saturated carbocycles. The summed E-state index contributed by atoms with van der Waals surface area (Å²) >= 11 is 6.06. The summed E-state index contributed by atoms with van der Waals surface area (Å²) in [6.45, 7) is 0.695. The van der Waals surface area contributed by atoms with Crippen LogP contribution in [0.3, 0.4) is 0 Å². The molecule has 2 N–H and O–H groups in total. The van der Waals surface area contributed by atoms with Crippen molar-refractivity contribution in [3.05, 3.63) is 65.3 Å². The minimum absolute atomic E-state index is 0.0444. The van der Waals surface area contributed by atoms with Gasteiger partial charge in [0.05, 0.1) is 23.6 Å². The summed E-state index contributed by atoms with van der Waals surface area (Å²) in [5.41, 5.74) is 3.71. The molecule has 1 amide bonds. The topological polar surface area (TPSA) is 90.6 Å². The maximum atomic E-state index is 13.0. The van der Waals surface area contributed by atoms with E-state index < -0.39 is 0 Å². The van der Waals surface area contributed by atoms with Crippen molar-refractivity contribution in [3.63, 3.8) is 0 Å². The third kappa shape index (κ3) is 2.76. The number of aromatic nitrogens is 5. The van der Waals surface area contributed by atoms with Gasteiger partial charge in [0.15, 0.2) is 0 Å². The van der Waals surface area contributed by atoms with Crippen molar-refractivity contribution in [1.82, 2.24) is 30.0 Å². The van der Waals surface area contributed by atoms with Gasteiger partial charge in [0.2, 0.25) is 0 Å². The normalized spacial score (nSPS) is 16.5. The van der Waals surface area contributed by atoms with Crippen LogP contribution in [0.25, 0.3) is 22.3 Å². The van der Waals surface area contributed by atoms with Crippen LogP contribution >= 0.6 is 11.6 Å². The van der Waals surface area contributed by atoms with Gasteiger partial charge in [-0.15, -0.1) is 0 Å². The van der Waals surface area contributed by atoms with Crippen LogP contribution in [0.5, 0.6) is 0 Å². The quantitative estimate of drug-likeness (QED) is 0.570. The molecule has 0 bridgehead atoms. The zero-order chi connectivity index (χ0) is 18.4. The fourth-order valence-electron chi connectivity index (χ4n) is 3.37. The van der Waals surface area contributed by atoms with Gasteiger partial charge in [-0.05, 0) is 36.8 Å². The number of hydrogen-bond donors (Lipinski definition) is 2. The lowest BCUT2D eigenvalue weighted by atomic mass is 9.98. The van der Waals surface area contributed by atoms with E-state index in [0.29, 0.717) is 22.9 Å². The summed E-state index contributed by atoms with van der Waals surface area (Å²) in [7, 11) is 0. The van der Waals surface area contributed by atoms with E-state index in [-0.39, 0.29) is 11.9 Å². The molecule has 1 atom stereocenters. The summed E-state index contributed by atoms with van der Waals surface area (Å²) in [6, 6.07) is 9.20. The number of halogens is 1. The van der Waals surface area contributed by atoms with Gasteiger partial charge >= 0.3 is 0 Å². The maximum absolute atomic E-state index is 13.0. The first-order valence-electron chi connectivity index (χ1n) is 8.60. The molecular formula is C19H15ClN6O. The highest BCUT2D eigenvalue weighted by Gasteiger charge is 2.35. The summed E-state index contributed by atoms with van der Waals surface area (Å²) in [6.07, 6.45) is 6.04. The van der Waals surface area contributed by atoms with Gasteiger partial charge in [-0.3, -0.25) is 14.9 Å². The highest BCUT2D eigenvalue weighted by Crippen LogP contribution is 2.34. The van der Waals surface area contributed by atoms with Gasteiger partial charge in [0.1, 0.15) is 11.3 Å². The summed E-state index contributed by atoms with van der Waals surface area (Å²) in [5, 5.41) is 8.24. The second kappa shape index (κ2) is 6.21. The predicted molar refractivity (Wildman–Crippen MR) is 101 cm³/mol. The van der Waals surface area contributed by atoms with E-state index in [1.165, 1.54) is 0 Å². The molecule has 134 valence electrons. The molecule has 4 aromatic rings. The lowest BCUT2D eigenvalue weighted by Crippen LogP contribution is -2.45. The second-order valence-corrected chi connectivity index (χ2v) is 6.94. The zero-order valence-corrected chi connectivity index (χ0v) is 14.9. The second-order valence-electron chi connectivity index (χ2n) is 6.51. The van der Waals surface area contributed by atoms with Crippen LogP contribution in [0.4, 0.5) is 0 Å². The molecule has 1 saturated heterocycles. The Balaban J connectivity index is 1.44. The minimum Gasteiger partial charge on any atom is -0.335 e. The molecular weight excluding hydrogens is 364 g/mol. The number of nitrogens with one attached hydrogen (secondary N) is 2. The molecule has 5 heterocycles. The van der Waals surface area contributed by atoms with E-state index in [0.717, 1.165) is 28.8 Å². The molecule has 27 heavy (non-hydrogen) atoms. The Bertz CT molecular complexity index is 1140. The van der Waals surface area contributed by atoms with E-state index in [1.807, 2.05) is 24.3 Å². The maximum Gasteiger partial charge on any atom is 0.270 e. The average molecular weight is 379 g/mol. The third-order valence-corrected chi connectivity index (χ3v) is 5.10. The van der Waals surface area contributed by atoms with E-state index in [9.17, 15) is 4.79 Å². The van der Waals surface area contributed by atoms with Crippen molar-refractivity contribution in [2.24, 2.45) is 0 Å². The Morgan fingerprint density at radius 3 is 2.93 bits per heavy atom. The Morgan fingerprint density at radius 2 is 2.19 bits per heavy atom. The van der Waals surface area contributed by atoms with Crippen LogP contribution in [0.2, 0.25) is 5.02 Å². The van der Waals surface area contributed by atoms with E-state index in [1.54, 1.807) is 29.6 Å².